The van der Waals surface area contributed by atoms with Crippen LogP contribution in [0.2, 0.25) is 0 Å². The molecule has 0 bridgehead atoms. The van der Waals surface area contributed by atoms with E-state index in [4.69, 9.17) is 0 Å². The van der Waals surface area contributed by atoms with E-state index in [2.05, 4.69) is 48.4 Å². The van der Waals surface area contributed by atoms with Gasteiger partial charge in [-0.25, -0.2) is 9.37 Å². The summed E-state index contributed by atoms with van der Waals surface area (Å²) >= 11 is 0. The van der Waals surface area contributed by atoms with E-state index in [9.17, 15) is 4.39 Å². The number of benzene rings is 1. The van der Waals surface area contributed by atoms with Crippen molar-refractivity contribution >= 4 is 17.3 Å². The molecule has 5 rings (SSSR count). The molecule has 1 N–H and O–H groups in total. The molecule has 0 radical (unpaired) electrons. The van der Waals surface area contributed by atoms with E-state index in [0.717, 1.165) is 38.5 Å². The summed E-state index contributed by atoms with van der Waals surface area (Å²) < 4.78 is 15.8. The van der Waals surface area contributed by atoms with E-state index in [1.54, 1.807) is 22.7 Å². The molecule has 3 aromatic heterocycles. The number of hydrogen-bond acceptors (Lipinski definition) is 7. The molecule has 1 aromatic carbocycles. The molecule has 0 amide bonds. The van der Waals surface area contributed by atoms with Gasteiger partial charge in [0.05, 0.1) is 5.56 Å². The van der Waals surface area contributed by atoms with Crippen molar-refractivity contribution in [3.05, 3.63) is 66.6 Å². The van der Waals surface area contributed by atoms with Gasteiger partial charge in [0, 0.05) is 45.0 Å². The third-order valence-electron chi connectivity index (χ3n) is 5.65. The first kappa shape index (κ1) is 20.3. The fourth-order valence-electron chi connectivity index (χ4n) is 4.06. The molecule has 0 aliphatic carbocycles. The second-order valence-corrected chi connectivity index (χ2v) is 8.01. The lowest BCUT2D eigenvalue weighted by molar-refractivity contribution is 0.250. The molecule has 1 fully saturated rings. The number of fused-ring (bicyclic) bond motifs is 1. The summed E-state index contributed by atoms with van der Waals surface area (Å²) in [7, 11) is 0. The number of halogens is 1. The summed E-state index contributed by atoms with van der Waals surface area (Å²) in [4.78, 5) is 9.21. The lowest BCUT2D eigenvalue weighted by atomic mass is 10.2. The van der Waals surface area contributed by atoms with Crippen molar-refractivity contribution in [1.82, 2.24) is 29.7 Å². The average Bonchev–Trinajstić information content (AvgIpc) is 3.23. The van der Waals surface area contributed by atoms with Crippen molar-refractivity contribution < 1.29 is 4.39 Å². The third kappa shape index (κ3) is 4.24. The smallest absolute Gasteiger partial charge is 0.188 e. The Balaban J connectivity index is 1.23. The van der Waals surface area contributed by atoms with Crippen molar-refractivity contribution in [2.45, 2.75) is 13.0 Å². The van der Waals surface area contributed by atoms with Gasteiger partial charge in [0.15, 0.2) is 11.5 Å². The summed E-state index contributed by atoms with van der Waals surface area (Å²) in [6, 6.07) is 16.5. The zero-order valence-corrected chi connectivity index (χ0v) is 17.9. The number of rotatable bonds is 6. The Kier molecular flexibility index (Phi) is 5.64. The molecule has 1 aliphatic heterocycles. The van der Waals surface area contributed by atoms with Gasteiger partial charge < -0.3 is 10.2 Å². The molecule has 4 aromatic rings. The first-order valence-electron chi connectivity index (χ1n) is 10.8. The average molecular weight is 433 g/mol. The van der Waals surface area contributed by atoms with Gasteiger partial charge in [-0.2, -0.15) is 4.52 Å². The van der Waals surface area contributed by atoms with Crippen LogP contribution in [0.25, 0.3) is 17.0 Å². The van der Waals surface area contributed by atoms with Crippen LogP contribution in [0.4, 0.5) is 16.0 Å². The molecule has 9 heteroatoms. The van der Waals surface area contributed by atoms with Crippen molar-refractivity contribution in [1.29, 1.82) is 0 Å². The van der Waals surface area contributed by atoms with E-state index in [1.165, 1.54) is 6.07 Å². The molecule has 1 saturated heterocycles. The Bertz CT molecular complexity index is 1190. The Morgan fingerprint density at radius 1 is 0.969 bits per heavy atom. The number of piperazine rings is 1. The summed E-state index contributed by atoms with van der Waals surface area (Å²) in [6.45, 7) is 6.93. The Hall–Kier alpha value is -3.59. The second kappa shape index (κ2) is 8.88. The molecule has 1 unspecified atom stereocenters. The quantitative estimate of drug-likeness (QED) is 0.502. The standard InChI is InChI=1S/C23H25FN8/c1-17(16-30-12-14-31(15-13-30)21-8-4-5-11-25-21)26-20-9-10-22-27-28-23(32(22)29-20)18-6-2-3-7-19(18)24/h2-11,17H,12-16H2,1H3,(H,26,29). The Labute approximate surface area is 185 Å². The molecule has 32 heavy (non-hydrogen) atoms. The zero-order valence-electron chi connectivity index (χ0n) is 17.9. The minimum Gasteiger partial charge on any atom is -0.365 e. The highest BCUT2D eigenvalue weighted by atomic mass is 19.1. The number of pyridine rings is 1. The predicted octanol–water partition coefficient (Wildman–Crippen LogP) is 2.95. The monoisotopic (exact) mass is 432 g/mol. The molecule has 0 spiro atoms. The predicted molar refractivity (Wildman–Crippen MR) is 122 cm³/mol. The van der Waals surface area contributed by atoms with Crippen LogP contribution in [0.15, 0.2) is 60.8 Å². The molecular formula is C23H25FN8. The fourth-order valence-corrected chi connectivity index (χ4v) is 4.06. The normalized spacial score (nSPS) is 15.8. The lowest BCUT2D eigenvalue weighted by Crippen LogP contribution is -2.49. The maximum absolute atomic E-state index is 14.3. The van der Waals surface area contributed by atoms with E-state index in [1.807, 2.05) is 30.5 Å². The SMILES string of the molecule is CC(CN1CCN(c2ccccn2)CC1)Nc1ccc2nnc(-c3ccccc3F)n2n1. The van der Waals surface area contributed by atoms with Crippen LogP contribution in [-0.4, -0.2) is 68.5 Å². The first-order chi connectivity index (χ1) is 15.7. The molecule has 164 valence electrons. The lowest BCUT2D eigenvalue weighted by Gasteiger charge is -2.36. The third-order valence-corrected chi connectivity index (χ3v) is 5.65. The van der Waals surface area contributed by atoms with Crippen LogP contribution in [0, 0.1) is 5.82 Å². The minimum atomic E-state index is -0.347. The molecule has 1 atom stereocenters. The molecular weight excluding hydrogens is 407 g/mol. The van der Waals surface area contributed by atoms with E-state index < -0.39 is 0 Å². The highest BCUT2D eigenvalue weighted by molar-refractivity contribution is 5.60. The number of anilines is 2. The van der Waals surface area contributed by atoms with Gasteiger partial charge in [0.2, 0.25) is 0 Å². The van der Waals surface area contributed by atoms with Crippen LogP contribution < -0.4 is 10.2 Å². The van der Waals surface area contributed by atoms with Crippen molar-refractivity contribution in [3.63, 3.8) is 0 Å². The molecule has 8 nitrogen and oxygen atoms in total. The van der Waals surface area contributed by atoms with Gasteiger partial charge >= 0.3 is 0 Å². The molecule has 1 aliphatic rings. The second-order valence-electron chi connectivity index (χ2n) is 8.01. The minimum absolute atomic E-state index is 0.190. The van der Waals surface area contributed by atoms with Gasteiger partial charge in [0.25, 0.3) is 0 Å². The van der Waals surface area contributed by atoms with Gasteiger partial charge in [-0.15, -0.1) is 15.3 Å². The van der Waals surface area contributed by atoms with Crippen molar-refractivity contribution in [2.24, 2.45) is 0 Å². The van der Waals surface area contributed by atoms with Crippen LogP contribution in [0.5, 0.6) is 0 Å². The summed E-state index contributed by atoms with van der Waals surface area (Å²) in [5, 5.41) is 16.3. The number of aromatic nitrogens is 5. The first-order valence-corrected chi connectivity index (χ1v) is 10.8. The van der Waals surface area contributed by atoms with Gasteiger partial charge in [-0.3, -0.25) is 4.90 Å². The van der Waals surface area contributed by atoms with E-state index in [-0.39, 0.29) is 11.9 Å². The van der Waals surface area contributed by atoms with E-state index >= 15 is 0 Å². The number of nitrogens with one attached hydrogen (secondary N) is 1. The van der Waals surface area contributed by atoms with Crippen molar-refractivity contribution in [2.75, 3.05) is 42.9 Å². The van der Waals surface area contributed by atoms with Crippen LogP contribution >= 0.6 is 0 Å². The summed E-state index contributed by atoms with van der Waals surface area (Å²) in [5.74, 6) is 1.78. The highest BCUT2D eigenvalue weighted by Crippen LogP contribution is 2.21. The molecule has 4 heterocycles. The van der Waals surface area contributed by atoms with Gasteiger partial charge in [0.1, 0.15) is 17.5 Å². The summed E-state index contributed by atoms with van der Waals surface area (Å²) in [6.07, 6.45) is 1.84. The van der Waals surface area contributed by atoms with E-state index in [0.29, 0.717) is 22.9 Å². The zero-order chi connectivity index (χ0) is 21.9. The highest BCUT2D eigenvalue weighted by Gasteiger charge is 2.20. The van der Waals surface area contributed by atoms with Crippen LogP contribution in [0.3, 0.4) is 0 Å². The topological polar surface area (TPSA) is 74.5 Å². The number of hydrogen-bond donors (Lipinski definition) is 1. The van der Waals surface area contributed by atoms with Crippen LogP contribution in [-0.2, 0) is 0 Å². The van der Waals surface area contributed by atoms with Gasteiger partial charge in [-0.05, 0) is 43.3 Å². The maximum Gasteiger partial charge on any atom is 0.188 e. The van der Waals surface area contributed by atoms with Gasteiger partial charge in [-0.1, -0.05) is 18.2 Å². The summed E-state index contributed by atoms with van der Waals surface area (Å²) in [5.41, 5.74) is 0.954. The van der Waals surface area contributed by atoms with Crippen molar-refractivity contribution in [3.8, 4) is 11.4 Å². The Morgan fingerprint density at radius 3 is 2.56 bits per heavy atom. The van der Waals surface area contributed by atoms with Crippen LogP contribution in [0.1, 0.15) is 6.92 Å². The maximum atomic E-state index is 14.3. The fraction of sp³-hybridized carbons (Fsp3) is 0.304. The molecule has 0 saturated carbocycles. The Morgan fingerprint density at radius 2 is 1.78 bits per heavy atom. The number of nitrogens with zero attached hydrogens (tertiary/aromatic N) is 7. The largest absolute Gasteiger partial charge is 0.365 e.